The van der Waals surface area contributed by atoms with Crippen LogP contribution in [-0.2, 0) is 16.0 Å². The minimum Gasteiger partial charge on any atom is -0.493 e. The Morgan fingerprint density at radius 3 is 2.75 bits per heavy atom. The molecule has 1 N–H and O–H groups in total. The second-order valence-corrected chi connectivity index (χ2v) is 5.83. The number of nitrogens with zero attached hydrogens (tertiary/aromatic N) is 1. The molecule has 1 aliphatic heterocycles. The smallest absolute Gasteiger partial charge is 0.308 e. The maximum Gasteiger partial charge on any atom is 0.308 e. The molecule has 0 saturated carbocycles. The number of aliphatic carboxylic acids is 1. The first-order valence-electron chi connectivity index (χ1n) is 7.90. The van der Waals surface area contributed by atoms with Crippen LogP contribution in [0.1, 0.15) is 18.9 Å². The van der Waals surface area contributed by atoms with Crippen LogP contribution in [0.2, 0.25) is 0 Å². The lowest BCUT2D eigenvalue weighted by Gasteiger charge is -2.23. The number of carboxylic acids is 1. The van der Waals surface area contributed by atoms with Gasteiger partial charge in [-0.1, -0.05) is 12.1 Å². The summed E-state index contributed by atoms with van der Waals surface area (Å²) in [6.45, 7) is 5.75. The summed E-state index contributed by atoms with van der Waals surface area (Å²) in [5, 5.41) is 9.14. The molecule has 1 aliphatic rings. The number of carbonyl (C=O) groups excluding carboxylic acids is 1. The Hall–Kier alpha value is -2.50. The number of amides is 1. The van der Waals surface area contributed by atoms with E-state index in [1.807, 2.05) is 12.1 Å². The molecule has 1 amide bonds. The summed E-state index contributed by atoms with van der Waals surface area (Å²) in [7, 11) is 1.54. The Kier molecular flexibility index (Phi) is 5.84. The van der Waals surface area contributed by atoms with Gasteiger partial charge in [-0.05, 0) is 37.5 Å². The van der Waals surface area contributed by atoms with Crippen molar-refractivity contribution < 1.29 is 24.2 Å². The van der Waals surface area contributed by atoms with Gasteiger partial charge in [0.1, 0.15) is 0 Å². The Labute approximate surface area is 141 Å². The Bertz CT molecular complexity index is 628. The summed E-state index contributed by atoms with van der Waals surface area (Å²) in [5.41, 5.74) is 1.04. The first kappa shape index (κ1) is 17.8. The van der Waals surface area contributed by atoms with Gasteiger partial charge in [0, 0.05) is 12.6 Å². The quantitative estimate of drug-likeness (QED) is 0.774. The highest BCUT2D eigenvalue weighted by Crippen LogP contribution is 2.29. The van der Waals surface area contributed by atoms with Gasteiger partial charge in [0.05, 0.1) is 13.0 Å². The van der Waals surface area contributed by atoms with Gasteiger partial charge >= 0.3 is 5.97 Å². The highest BCUT2D eigenvalue weighted by atomic mass is 16.5. The molecular weight excluding hydrogens is 310 g/mol. The standard InChI is InChI=1S/C18H23NO5/c1-4-5-13-6-7-15(16(10-13)23-3)24-11-17(20)19-9-8-14(12(19)2)18(21)22/h4,6-7,10,12,14H,1,5,8-9,11H2,2-3H3,(H,21,22). The molecule has 0 aliphatic carbocycles. The van der Waals surface area contributed by atoms with E-state index in [0.717, 1.165) is 12.0 Å². The van der Waals surface area contributed by atoms with E-state index in [0.29, 0.717) is 24.5 Å². The van der Waals surface area contributed by atoms with Crippen molar-refractivity contribution >= 4 is 11.9 Å². The van der Waals surface area contributed by atoms with Gasteiger partial charge in [0.2, 0.25) is 0 Å². The zero-order chi connectivity index (χ0) is 17.7. The lowest BCUT2D eigenvalue weighted by Crippen LogP contribution is -2.40. The molecule has 2 unspecified atom stereocenters. The maximum atomic E-state index is 12.3. The Morgan fingerprint density at radius 2 is 2.17 bits per heavy atom. The van der Waals surface area contributed by atoms with Crippen LogP contribution in [0.3, 0.4) is 0 Å². The number of benzene rings is 1. The molecule has 0 spiro atoms. The van der Waals surface area contributed by atoms with Gasteiger partial charge in [-0.2, -0.15) is 0 Å². The lowest BCUT2D eigenvalue weighted by molar-refractivity contribution is -0.143. The predicted octanol–water partition coefficient (Wildman–Crippen LogP) is 2.12. The molecule has 1 heterocycles. The lowest BCUT2D eigenvalue weighted by atomic mass is 10.0. The molecule has 2 rings (SSSR count). The summed E-state index contributed by atoms with van der Waals surface area (Å²) in [6.07, 6.45) is 2.99. The number of ether oxygens (including phenoxy) is 2. The number of carboxylic acid groups (broad SMARTS) is 1. The van der Waals surface area contributed by atoms with Crippen molar-refractivity contribution in [2.45, 2.75) is 25.8 Å². The van der Waals surface area contributed by atoms with E-state index in [1.54, 1.807) is 31.1 Å². The first-order chi connectivity index (χ1) is 11.5. The normalized spacial score (nSPS) is 19.8. The van der Waals surface area contributed by atoms with Gasteiger partial charge < -0.3 is 19.5 Å². The van der Waals surface area contributed by atoms with E-state index < -0.39 is 11.9 Å². The van der Waals surface area contributed by atoms with E-state index >= 15 is 0 Å². The molecule has 1 aromatic rings. The molecule has 6 nitrogen and oxygen atoms in total. The van der Waals surface area contributed by atoms with Crippen molar-refractivity contribution in [3.8, 4) is 11.5 Å². The fraction of sp³-hybridized carbons (Fsp3) is 0.444. The molecule has 0 bridgehead atoms. The van der Waals surface area contributed by atoms with E-state index in [2.05, 4.69) is 6.58 Å². The highest BCUT2D eigenvalue weighted by Gasteiger charge is 2.38. The number of methoxy groups -OCH3 is 1. The van der Waals surface area contributed by atoms with Gasteiger partial charge in [0.25, 0.3) is 5.91 Å². The third-order valence-electron chi connectivity index (χ3n) is 4.35. The number of rotatable bonds is 7. The zero-order valence-electron chi connectivity index (χ0n) is 14.0. The highest BCUT2D eigenvalue weighted by molar-refractivity contribution is 5.80. The minimum atomic E-state index is -0.863. The van der Waals surface area contributed by atoms with E-state index in [1.165, 1.54) is 0 Å². The molecule has 1 saturated heterocycles. The minimum absolute atomic E-state index is 0.145. The van der Waals surface area contributed by atoms with Gasteiger partial charge in [-0.25, -0.2) is 0 Å². The molecule has 0 radical (unpaired) electrons. The van der Waals surface area contributed by atoms with Crippen molar-refractivity contribution in [2.24, 2.45) is 5.92 Å². The number of carbonyl (C=O) groups is 2. The fourth-order valence-corrected chi connectivity index (χ4v) is 2.97. The van der Waals surface area contributed by atoms with Crippen molar-refractivity contribution in [1.82, 2.24) is 4.90 Å². The topological polar surface area (TPSA) is 76.1 Å². The van der Waals surface area contributed by atoms with Gasteiger partial charge in [0.15, 0.2) is 18.1 Å². The SMILES string of the molecule is C=CCc1ccc(OCC(=O)N2CCC(C(=O)O)C2C)c(OC)c1. The summed E-state index contributed by atoms with van der Waals surface area (Å²) in [4.78, 5) is 25.0. The molecule has 2 atom stereocenters. The third kappa shape index (κ3) is 3.88. The number of likely N-dealkylation sites (tertiary alicyclic amines) is 1. The van der Waals surface area contributed by atoms with E-state index in [4.69, 9.17) is 14.6 Å². The summed E-state index contributed by atoms with van der Waals surface area (Å²) < 4.78 is 10.9. The van der Waals surface area contributed by atoms with Crippen LogP contribution < -0.4 is 9.47 Å². The Balaban J connectivity index is 1.99. The van der Waals surface area contributed by atoms with Crippen molar-refractivity contribution in [3.63, 3.8) is 0 Å². The van der Waals surface area contributed by atoms with Crippen LogP contribution in [0.4, 0.5) is 0 Å². The second kappa shape index (κ2) is 7.86. The average Bonchev–Trinajstić information content (AvgIpc) is 2.95. The van der Waals surface area contributed by atoms with Crippen LogP contribution in [0.15, 0.2) is 30.9 Å². The monoisotopic (exact) mass is 333 g/mol. The van der Waals surface area contributed by atoms with Crippen LogP contribution >= 0.6 is 0 Å². The Morgan fingerprint density at radius 1 is 1.42 bits per heavy atom. The molecule has 6 heteroatoms. The zero-order valence-corrected chi connectivity index (χ0v) is 14.0. The molecule has 1 fully saturated rings. The van der Waals surface area contributed by atoms with Crippen molar-refractivity contribution in [2.75, 3.05) is 20.3 Å². The fourth-order valence-electron chi connectivity index (χ4n) is 2.97. The van der Waals surface area contributed by atoms with Gasteiger partial charge in [-0.3, -0.25) is 9.59 Å². The van der Waals surface area contributed by atoms with Crippen LogP contribution in [-0.4, -0.2) is 48.2 Å². The number of hydrogen-bond acceptors (Lipinski definition) is 4. The summed E-state index contributed by atoms with van der Waals surface area (Å²) >= 11 is 0. The third-order valence-corrected chi connectivity index (χ3v) is 4.35. The first-order valence-corrected chi connectivity index (χ1v) is 7.90. The van der Waals surface area contributed by atoms with Crippen molar-refractivity contribution in [1.29, 1.82) is 0 Å². The van der Waals surface area contributed by atoms with Crippen LogP contribution in [0.25, 0.3) is 0 Å². The average molecular weight is 333 g/mol. The van der Waals surface area contributed by atoms with Gasteiger partial charge in [-0.15, -0.1) is 6.58 Å². The largest absolute Gasteiger partial charge is 0.493 e. The van der Waals surface area contributed by atoms with Crippen molar-refractivity contribution in [3.05, 3.63) is 36.4 Å². The second-order valence-electron chi connectivity index (χ2n) is 5.83. The van der Waals surface area contributed by atoms with E-state index in [9.17, 15) is 9.59 Å². The number of hydrogen-bond donors (Lipinski definition) is 1. The summed E-state index contributed by atoms with van der Waals surface area (Å²) in [5.74, 6) is -0.552. The predicted molar refractivity (Wildman–Crippen MR) is 89.3 cm³/mol. The summed E-state index contributed by atoms with van der Waals surface area (Å²) in [6, 6.07) is 5.18. The number of allylic oxidation sites excluding steroid dienone is 1. The van der Waals surface area contributed by atoms with Crippen LogP contribution in [0, 0.1) is 5.92 Å². The molecule has 130 valence electrons. The molecule has 24 heavy (non-hydrogen) atoms. The van der Waals surface area contributed by atoms with Crippen LogP contribution in [0.5, 0.6) is 11.5 Å². The molecule has 0 aromatic heterocycles. The molecule has 1 aromatic carbocycles. The molecular formula is C18H23NO5. The van der Waals surface area contributed by atoms with E-state index in [-0.39, 0.29) is 18.6 Å². The maximum absolute atomic E-state index is 12.3.